The first-order chi connectivity index (χ1) is 10.3. The average Bonchev–Trinajstić information content (AvgIpc) is 2.91. The molecule has 0 radical (unpaired) electrons. The molecule has 0 spiro atoms. The first-order valence-electron chi connectivity index (χ1n) is 6.97. The smallest absolute Gasteiger partial charge is 0.250 e. The fourth-order valence-electron chi connectivity index (χ4n) is 3.02. The molecule has 1 aliphatic heterocycles. The molecule has 0 aromatic carbocycles. The molecule has 8 heteroatoms. The molecule has 4 nitrogen and oxygen atoms in total. The topological polar surface area (TPSA) is 50.3 Å². The molecule has 1 fully saturated rings. The van der Waals surface area contributed by atoms with Crippen LogP contribution < -0.4 is 0 Å². The van der Waals surface area contributed by atoms with Crippen molar-refractivity contribution >= 4 is 10.0 Å². The molecule has 2 unspecified atom stereocenters. The average molecular weight is 332 g/mol. The molecule has 3 rings (SSSR count). The van der Waals surface area contributed by atoms with E-state index in [2.05, 4.69) is 17.1 Å². The Bertz CT molecular complexity index is 667. The van der Waals surface area contributed by atoms with Crippen LogP contribution in [-0.2, 0) is 16.2 Å². The van der Waals surface area contributed by atoms with E-state index in [0.717, 1.165) is 25.1 Å². The summed E-state index contributed by atoms with van der Waals surface area (Å²) in [6.07, 6.45) is 2.02. The Hall–Kier alpha value is -1.41. The monoisotopic (exact) mass is 332 g/mol. The first-order valence-corrected chi connectivity index (χ1v) is 8.41. The second kappa shape index (κ2) is 5.34. The lowest BCUT2D eigenvalue weighted by molar-refractivity contribution is -0.141. The van der Waals surface area contributed by atoms with Gasteiger partial charge in [0.25, 0.3) is 0 Å². The number of nitrogens with zero attached hydrogens (tertiary/aromatic N) is 2. The van der Waals surface area contributed by atoms with Crippen molar-refractivity contribution < 1.29 is 21.6 Å². The van der Waals surface area contributed by atoms with Crippen molar-refractivity contribution in [1.29, 1.82) is 0 Å². The van der Waals surface area contributed by atoms with Gasteiger partial charge in [-0.15, -0.1) is 0 Å². The van der Waals surface area contributed by atoms with Gasteiger partial charge in [-0.25, -0.2) is 8.42 Å². The number of hydrogen-bond acceptors (Lipinski definition) is 3. The van der Waals surface area contributed by atoms with Crippen molar-refractivity contribution in [3.05, 3.63) is 36.2 Å². The molecule has 1 aromatic rings. The summed E-state index contributed by atoms with van der Waals surface area (Å²) in [7, 11) is -3.78. The van der Waals surface area contributed by atoms with Crippen LogP contribution in [0.1, 0.15) is 18.5 Å². The third-order valence-electron chi connectivity index (χ3n) is 4.25. The molecule has 1 aromatic heterocycles. The number of pyridine rings is 1. The van der Waals surface area contributed by atoms with Gasteiger partial charge in [0.15, 0.2) is 0 Å². The summed E-state index contributed by atoms with van der Waals surface area (Å²) in [5.74, 6) is 0.587. The van der Waals surface area contributed by atoms with Crippen LogP contribution in [-0.4, -0.2) is 30.8 Å². The second-order valence-corrected chi connectivity index (χ2v) is 7.60. The van der Waals surface area contributed by atoms with Gasteiger partial charge in [0.1, 0.15) is 10.6 Å². The maximum absolute atomic E-state index is 12.5. The van der Waals surface area contributed by atoms with Crippen LogP contribution in [0.4, 0.5) is 13.2 Å². The van der Waals surface area contributed by atoms with Crippen molar-refractivity contribution in [2.75, 3.05) is 13.1 Å². The van der Waals surface area contributed by atoms with Crippen LogP contribution in [0.25, 0.3) is 0 Å². The number of halogens is 3. The summed E-state index contributed by atoms with van der Waals surface area (Å²) in [5.41, 5.74) is -1.09. The standard InChI is InChI=1S/C14H15F3N2O2S/c15-14(16,17)13-6-5-12(7-18-13)22(20,21)19-8-10-3-1-2-4-11(10)9-19/h1-2,5-7,10-11H,3-4,8-9H2. The van der Waals surface area contributed by atoms with E-state index in [4.69, 9.17) is 0 Å². The van der Waals surface area contributed by atoms with Crippen LogP contribution in [0.3, 0.4) is 0 Å². The summed E-state index contributed by atoms with van der Waals surface area (Å²) in [5, 5.41) is 0. The Labute approximate surface area is 126 Å². The summed E-state index contributed by atoms with van der Waals surface area (Å²) in [4.78, 5) is 3.05. The van der Waals surface area contributed by atoms with Crippen LogP contribution >= 0.6 is 0 Å². The zero-order valence-electron chi connectivity index (χ0n) is 11.6. The SMILES string of the molecule is O=S(=O)(c1ccc(C(F)(F)F)nc1)N1CC2CC=CCC2C1. The van der Waals surface area contributed by atoms with Crippen LogP contribution in [0.5, 0.6) is 0 Å². The molecule has 120 valence electrons. The Morgan fingerprint density at radius 1 is 1.09 bits per heavy atom. The number of fused-ring (bicyclic) bond motifs is 1. The molecule has 22 heavy (non-hydrogen) atoms. The number of allylic oxidation sites excluding steroid dienone is 2. The zero-order valence-corrected chi connectivity index (χ0v) is 12.4. The normalized spacial score (nSPS) is 26.1. The fraction of sp³-hybridized carbons (Fsp3) is 0.500. The quantitative estimate of drug-likeness (QED) is 0.783. The molecule has 0 amide bonds. The fourth-order valence-corrected chi connectivity index (χ4v) is 4.52. The summed E-state index contributed by atoms with van der Waals surface area (Å²) in [6, 6.07) is 1.68. The molecular formula is C14H15F3N2O2S. The lowest BCUT2D eigenvalue weighted by atomic mass is 9.86. The summed E-state index contributed by atoms with van der Waals surface area (Å²) >= 11 is 0. The summed E-state index contributed by atoms with van der Waals surface area (Å²) < 4.78 is 63.9. The number of rotatable bonds is 2. The minimum Gasteiger partial charge on any atom is -0.250 e. The van der Waals surface area contributed by atoms with Gasteiger partial charge in [-0.3, -0.25) is 4.98 Å². The summed E-state index contributed by atoms with van der Waals surface area (Å²) in [6.45, 7) is 0.830. The number of alkyl halides is 3. The highest BCUT2D eigenvalue weighted by Gasteiger charge is 2.39. The van der Waals surface area contributed by atoms with Gasteiger partial charge in [0, 0.05) is 19.3 Å². The van der Waals surface area contributed by atoms with E-state index in [1.807, 2.05) is 0 Å². The first kappa shape index (κ1) is 15.5. The van der Waals surface area contributed by atoms with E-state index in [1.54, 1.807) is 0 Å². The Morgan fingerprint density at radius 3 is 2.14 bits per heavy atom. The molecule has 2 heterocycles. The Morgan fingerprint density at radius 2 is 1.68 bits per heavy atom. The lowest BCUT2D eigenvalue weighted by Crippen LogP contribution is -2.29. The maximum Gasteiger partial charge on any atom is 0.433 e. The van der Waals surface area contributed by atoms with Crippen LogP contribution in [0, 0.1) is 11.8 Å². The van der Waals surface area contributed by atoms with Gasteiger partial charge in [-0.05, 0) is 36.8 Å². The molecule has 0 bridgehead atoms. The molecule has 1 saturated heterocycles. The van der Waals surface area contributed by atoms with Crippen LogP contribution in [0.2, 0.25) is 0 Å². The molecule has 0 saturated carbocycles. The van der Waals surface area contributed by atoms with Gasteiger partial charge in [-0.1, -0.05) is 12.2 Å². The van der Waals surface area contributed by atoms with Crippen molar-refractivity contribution in [2.24, 2.45) is 11.8 Å². The van der Waals surface area contributed by atoms with E-state index in [-0.39, 0.29) is 4.90 Å². The Kier molecular flexibility index (Phi) is 3.76. The molecule has 2 aliphatic rings. The number of aromatic nitrogens is 1. The number of hydrogen-bond donors (Lipinski definition) is 0. The molecule has 2 atom stereocenters. The van der Waals surface area contributed by atoms with E-state index in [1.165, 1.54) is 4.31 Å². The third kappa shape index (κ3) is 2.77. The van der Waals surface area contributed by atoms with E-state index in [0.29, 0.717) is 31.0 Å². The van der Waals surface area contributed by atoms with Gasteiger partial charge >= 0.3 is 6.18 Å². The predicted molar refractivity (Wildman–Crippen MR) is 73.4 cm³/mol. The van der Waals surface area contributed by atoms with Gasteiger partial charge in [0.2, 0.25) is 10.0 Å². The molecular weight excluding hydrogens is 317 g/mol. The lowest BCUT2D eigenvalue weighted by Gasteiger charge is -2.18. The number of sulfonamides is 1. The van der Waals surface area contributed by atoms with Crippen molar-refractivity contribution in [3.63, 3.8) is 0 Å². The highest BCUT2D eigenvalue weighted by Crippen LogP contribution is 2.36. The van der Waals surface area contributed by atoms with E-state index < -0.39 is 21.9 Å². The minimum absolute atomic E-state index is 0.188. The predicted octanol–water partition coefficient (Wildman–Crippen LogP) is 2.69. The molecule has 1 aliphatic carbocycles. The third-order valence-corrected chi connectivity index (χ3v) is 6.07. The van der Waals surface area contributed by atoms with Crippen LogP contribution in [0.15, 0.2) is 35.4 Å². The minimum atomic E-state index is -4.57. The van der Waals surface area contributed by atoms with Crippen molar-refractivity contribution in [2.45, 2.75) is 23.9 Å². The molecule has 0 N–H and O–H groups in total. The van der Waals surface area contributed by atoms with E-state index in [9.17, 15) is 21.6 Å². The largest absolute Gasteiger partial charge is 0.433 e. The van der Waals surface area contributed by atoms with Gasteiger partial charge < -0.3 is 0 Å². The Balaban J connectivity index is 1.82. The van der Waals surface area contributed by atoms with Crippen molar-refractivity contribution in [1.82, 2.24) is 9.29 Å². The van der Waals surface area contributed by atoms with Gasteiger partial charge in [-0.2, -0.15) is 17.5 Å². The highest BCUT2D eigenvalue weighted by atomic mass is 32.2. The second-order valence-electron chi connectivity index (χ2n) is 5.66. The van der Waals surface area contributed by atoms with Gasteiger partial charge in [0.05, 0.1) is 0 Å². The van der Waals surface area contributed by atoms with E-state index >= 15 is 0 Å². The maximum atomic E-state index is 12.5. The van der Waals surface area contributed by atoms with Crippen molar-refractivity contribution in [3.8, 4) is 0 Å². The highest BCUT2D eigenvalue weighted by molar-refractivity contribution is 7.89. The zero-order chi connectivity index (χ0) is 16.0.